The van der Waals surface area contributed by atoms with E-state index in [9.17, 15) is 4.79 Å². The Bertz CT molecular complexity index is 457. The van der Waals surface area contributed by atoms with E-state index in [4.69, 9.17) is 4.74 Å². The Morgan fingerprint density at radius 3 is 2.71 bits per heavy atom. The van der Waals surface area contributed by atoms with Crippen LogP contribution in [-0.2, 0) is 16.8 Å². The van der Waals surface area contributed by atoms with Gasteiger partial charge in [-0.25, -0.2) is 4.79 Å². The lowest BCUT2D eigenvalue weighted by atomic mass is 9.72. The van der Waals surface area contributed by atoms with Crippen LogP contribution >= 0.6 is 0 Å². The predicted molar refractivity (Wildman–Crippen MR) is 66.0 cm³/mol. The van der Waals surface area contributed by atoms with Crippen molar-refractivity contribution in [2.24, 2.45) is 4.99 Å². The Labute approximate surface area is 102 Å². The number of carbonyl (C=O) groups excluding carboxylic acids is 1. The van der Waals surface area contributed by atoms with Gasteiger partial charge in [-0.15, -0.1) is 0 Å². The van der Waals surface area contributed by atoms with E-state index in [0.29, 0.717) is 0 Å². The summed E-state index contributed by atoms with van der Waals surface area (Å²) < 4.78 is 5.31. The molecular weight excluding hydrogens is 214 g/mol. The number of aryl methyl sites for hydroxylation is 1. The van der Waals surface area contributed by atoms with Gasteiger partial charge in [0.15, 0.2) is 0 Å². The molecule has 0 atom stereocenters. The minimum atomic E-state index is -0.308. The first kappa shape index (κ1) is 11.9. The third kappa shape index (κ3) is 1.98. The van der Waals surface area contributed by atoms with Gasteiger partial charge >= 0.3 is 0 Å². The summed E-state index contributed by atoms with van der Waals surface area (Å²) in [6.45, 7) is 2.10. The number of hydrogen-bond acceptors (Lipinski definition) is 3. The summed E-state index contributed by atoms with van der Waals surface area (Å²) in [6, 6.07) is 6.09. The Balaban J connectivity index is 2.42. The maximum atomic E-state index is 10.5. The fourth-order valence-corrected chi connectivity index (χ4v) is 2.41. The van der Waals surface area contributed by atoms with Gasteiger partial charge in [-0.2, -0.15) is 4.99 Å². The van der Waals surface area contributed by atoms with Crippen LogP contribution in [0.15, 0.2) is 23.2 Å². The maximum Gasteiger partial charge on any atom is 0.235 e. The molecule has 1 aliphatic carbocycles. The highest BCUT2D eigenvalue weighted by Crippen LogP contribution is 2.45. The van der Waals surface area contributed by atoms with Crippen molar-refractivity contribution in [2.75, 3.05) is 7.11 Å². The second kappa shape index (κ2) is 4.72. The molecule has 0 unspecified atom stereocenters. The molecule has 0 amide bonds. The largest absolute Gasteiger partial charge is 0.496 e. The Hall–Kier alpha value is -1.60. The second-order valence-corrected chi connectivity index (χ2v) is 4.47. The van der Waals surface area contributed by atoms with Crippen molar-refractivity contribution in [3.05, 3.63) is 29.3 Å². The number of ether oxygens (including phenoxy) is 1. The SMILES string of the molecule is CCc1cc(C2(N=C=O)CCC2)ccc1OC. The number of benzene rings is 1. The van der Waals surface area contributed by atoms with E-state index < -0.39 is 0 Å². The summed E-state index contributed by atoms with van der Waals surface area (Å²) in [5, 5.41) is 0. The molecule has 3 heteroatoms. The van der Waals surface area contributed by atoms with Crippen LogP contribution in [0, 0.1) is 0 Å². The zero-order valence-electron chi connectivity index (χ0n) is 10.3. The van der Waals surface area contributed by atoms with E-state index in [0.717, 1.165) is 42.6 Å². The fraction of sp³-hybridized carbons (Fsp3) is 0.500. The first-order chi connectivity index (χ1) is 8.25. The molecule has 1 aromatic carbocycles. The Kier molecular flexibility index (Phi) is 3.30. The van der Waals surface area contributed by atoms with E-state index in [1.165, 1.54) is 0 Å². The standard InChI is InChI=1S/C14H17NO2/c1-3-11-9-12(5-6-13(11)17-2)14(15-10-16)7-4-8-14/h5-6,9H,3-4,7-8H2,1-2H3. The quantitative estimate of drug-likeness (QED) is 0.590. The number of nitrogens with zero attached hydrogens (tertiary/aromatic N) is 1. The molecular formula is C14H17NO2. The van der Waals surface area contributed by atoms with Crippen LogP contribution in [0.2, 0.25) is 0 Å². The fourth-order valence-electron chi connectivity index (χ4n) is 2.41. The molecule has 1 aromatic rings. The van der Waals surface area contributed by atoms with E-state index in [1.807, 2.05) is 12.1 Å². The van der Waals surface area contributed by atoms with Crippen molar-refractivity contribution in [3.8, 4) is 5.75 Å². The van der Waals surface area contributed by atoms with Crippen LogP contribution in [0.4, 0.5) is 0 Å². The molecule has 0 spiro atoms. The van der Waals surface area contributed by atoms with Crippen LogP contribution < -0.4 is 4.74 Å². The summed E-state index contributed by atoms with van der Waals surface area (Å²) in [6.07, 6.45) is 5.64. The van der Waals surface area contributed by atoms with Crippen LogP contribution in [0.25, 0.3) is 0 Å². The average Bonchev–Trinajstić information content (AvgIpc) is 2.33. The number of isocyanates is 1. The molecule has 0 saturated heterocycles. The smallest absolute Gasteiger partial charge is 0.235 e. The van der Waals surface area contributed by atoms with Gasteiger partial charge in [0.1, 0.15) is 5.75 Å². The minimum absolute atomic E-state index is 0.308. The highest BCUT2D eigenvalue weighted by molar-refractivity contribution is 5.44. The Morgan fingerprint density at radius 1 is 1.47 bits per heavy atom. The van der Waals surface area contributed by atoms with Crippen LogP contribution in [0.5, 0.6) is 5.75 Å². The van der Waals surface area contributed by atoms with Crippen LogP contribution in [-0.4, -0.2) is 13.2 Å². The number of methoxy groups -OCH3 is 1. The van der Waals surface area contributed by atoms with Crippen molar-refractivity contribution in [1.82, 2.24) is 0 Å². The molecule has 0 aliphatic heterocycles. The molecule has 1 aliphatic rings. The van der Waals surface area contributed by atoms with Gasteiger partial charge in [0.2, 0.25) is 6.08 Å². The third-order valence-corrected chi connectivity index (χ3v) is 3.64. The molecule has 90 valence electrons. The lowest BCUT2D eigenvalue weighted by Crippen LogP contribution is -2.31. The van der Waals surface area contributed by atoms with E-state index in [-0.39, 0.29) is 5.54 Å². The van der Waals surface area contributed by atoms with Gasteiger partial charge in [-0.1, -0.05) is 13.0 Å². The summed E-state index contributed by atoms with van der Waals surface area (Å²) in [5.41, 5.74) is 1.97. The summed E-state index contributed by atoms with van der Waals surface area (Å²) in [5.74, 6) is 0.904. The highest BCUT2D eigenvalue weighted by atomic mass is 16.5. The summed E-state index contributed by atoms with van der Waals surface area (Å²) in [4.78, 5) is 14.6. The van der Waals surface area contributed by atoms with Crippen LogP contribution in [0.1, 0.15) is 37.3 Å². The lowest BCUT2D eigenvalue weighted by molar-refractivity contribution is 0.255. The van der Waals surface area contributed by atoms with Crippen molar-refractivity contribution < 1.29 is 9.53 Å². The molecule has 0 radical (unpaired) electrons. The zero-order valence-corrected chi connectivity index (χ0v) is 10.3. The molecule has 1 saturated carbocycles. The third-order valence-electron chi connectivity index (χ3n) is 3.64. The van der Waals surface area contributed by atoms with Crippen molar-refractivity contribution in [3.63, 3.8) is 0 Å². The van der Waals surface area contributed by atoms with E-state index in [1.54, 1.807) is 13.2 Å². The van der Waals surface area contributed by atoms with Gasteiger partial charge in [-0.3, -0.25) is 0 Å². The second-order valence-electron chi connectivity index (χ2n) is 4.47. The lowest BCUT2D eigenvalue weighted by Gasteiger charge is -2.37. The monoisotopic (exact) mass is 231 g/mol. The normalized spacial score (nSPS) is 16.8. The molecule has 1 fully saturated rings. The summed E-state index contributed by atoms with van der Waals surface area (Å²) in [7, 11) is 1.68. The number of rotatable bonds is 4. The Morgan fingerprint density at radius 2 is 2.24 bits per heavy atom. The number of hydrogen-bond donors (Lipinski definition) is 0. The average molecular weight is 231 g/mol. The maximum absolute atomic E-state index is 10.5. The van der Waals surface area contributed by atoms with Crippen molar-refractivity contribution in [2.45, 2.75) is 38.1 Å². The van der Waals surface area contributed by atoms with Crippen molar-refractivity contribution >= 4 is 6.08 Å². The van der Waals surface area contributed by atoms with E-state index >= 15 is 0 Å². The molecule has 2 rings (SSSR count). The topological polar surface area (TPSA) is 38.7 Å². The predicted octanol–water partition coefficient (Wildman–Crippen LogP) is 2.97. The zero-order chi connectivity index (χ0) is 12.3. The van der Waals surface area contributed by atoms with Gasteiger partial charge in [0.25, 0.3) is 0 Å². The first-order valence-electron chi connectivity index (χ1n) is 6.02. The van der Waals surface area contributed by atoms with Gasteiger partial charge in [0, 0.05) is 0 Å². The van der Waals surface area contributed by atoms with E-state index in [2.05, 4.69) is 18.0 Å². The highest BCUT2D eigenvalue weighted by Gasteiger charge is 2.39. The summed E-state index contributed by atoms with van der Waals surface area (Å²) >= 11 is 0. The molecule has 0 heterocycles. The molecule has 0 bridgehead atoms. The molecule has 3 nitrogen and oxygen atoms in total. The minimum Gasteiger partial charge on any atom is -0.496 e. The number of aliphatic imine (C=N–C) groups is 1. The molecule has 17 heavy (non-hydrogen) atoms. The van der Waals surface area contributed by atoms with Gasteiger partial charge in [0.05, 0.1) is 12.6 Å². The molecule has 0 aromatic heterocycles. The first-order valence-corrected chi connectivity index (χ1v) is 6.02. The molecule has 0 N–H and O–H groups in total. The van der Waals surface area contributed by atoms with Crippen molar-refractivity contribution in [1.29, 1.82) is 0 Å². The van der Waals surface area contributed by atoms with Gasteiger partial charge < -0.3 is 4.74 Å². The van der Waals surface area contributed by atoms with Crippen LogP contribution in [0.3, 0.4) is 0 Å². The van der Waals surface area contributed by atoms with Gasteiger partial charge in [-0.05, 0) is 48.9 Å².